The van der Waals surface area contributed by atoms with Crippen LogP contribution in [0.2, 0.25) is 0 Å². The van der Waals surface area contributed by atoms with E-state index in [1.807, 2.05) is 62.4 Å². The summed E-state index contributed by atoms with van der Waals surface area (Å²) >= 11 is 0. The van der Waals surface area contributed by atoms with Crippen LogP contribution >= 0.6 is 0 Å². The Morgan fingerprint density at radius 3 is 2.43 bits per heavy atom. The minimum Gasteiger partial charge on any atom is -0.462 e. The highest BCUT2D eigenvalue weighted by atomic mass is 16.5. The van der Waals surface area contributed by atoms with Gasteiger partial charge in [-0.15, -0.1) is 0 Å². The largest absolute Gasteiger partial charge is 0.462 e. The van der Waals surface area contributed by atoms with Crippen LogP contribution in [-0.4, -0.2) is 29.3 Å². The topological polar surface area (TPSA) is 72.7 Å². The van der Waals surface area contributed by atoms with Gasteiger partial charge in [0.2, 0.25) is 5.91 Å². The van der Waals surface area contributed by atoms with Crippen molar-refractivity contribution >= 4 is 18.1 Å². The van der Waals surface area contributed by atoms with Gasteiger partial charge < -0.3 is 9.30 Å². The molecule has 0 spiro atoms. The summed E-state index contributed by atoms with van der Waals surface area (Å²) in [5, 5.41) is 4.11. The quantitative estimate of drug-likeness (QED) is 0.369. The molecular weight excluding hydrogens is 378 g/mol. The van der Waals surface area contributed by atoms with Gasteiger partial charge in [-0.1, -0.05) is 30.3 Å². The standard InChI is InChI=1S/C24H25N3O3/c1-4-30-24(29)20-10-12-22(13-11-20)27-17(2)14-21(18(27)3)16-25-26-23(28)15-19-8-6-5-7-9-19/h5-14,16H,4,15H2,1-3H3,(H,26,28)/b25-16-. The Labute approximate surface area is 176 Å². The van der Waals surface area contributed by atoms with Gasteiger partial charge in [-0.3, -0.25) is 4.79 Å². The van der Waals surface area contributed by atoms with Gasteiger partial charge in [-0.2, -0.15) is 5.10 Å². The molecule has 1 heterocycles. The minimum absolute atomic E-state index is 0.166. The molecule has 0 fully saturated rings. The number of hydrogen-bond donors (Lipinski definition) is 1. The number of hydrogen-bond acceptors (Lipinski definition) is 4. The average Bonchev–Trinajstić information content (AvgIpc) is 3.02. The maximum absolute atomic E-state index is 12.0. The summed E-state index contributed by atoms with van der Waals surface area (Å²) in [5.74, 6) is -0.495. The maximum Gasteiger partial charge on any atom is 0.338 e. The molecule has 0 radical (unpaired) electrons. The molecule has 1 N–H and O–H groups in total. The lowest BCUT2D eigenvalue weighted by molar-refractivity contribution is -0.120. The van der Waals surface area contributed by atoms with Crippen LogP contribution in [0.15, 0.2) is 65.8 Å². The summed E-state index contributed by atoms with van der Waals surface area (Å²) in [6.07, 6.45) is 1.93. The smallest absolute Gasteiger partial charge is 0.338 e. The van der Waals surface area contributed by atoms with Crippen molar-refractivity contribution in [2.24, 2.45) is 5.10 Å². The molecule has 30 heavy (non-hydrogen) atoms. The zero-order chi connectivity index (χ0) is 21.5. The number of carbonyl (C=O) groups excluding carboxylic acids is 2. The maximum atomic E-state index is 12.0. The molecule has 1 amide bonds. The van der Waals surface area contributed by atoms with Crippen LogP contribution in [0.1, 0.15) is 39.8 Å². The average molecular weight is 403 g/mol. The van der Waals surface area contributed by atoms with E-state index in [0.29, 0.717) is 12.2 Å². The zero-order valence-electron chi connectivity index (χ0n) is 17.4. The number of ether oxygens (including phenoxy) is 1. The second-order valence-corrected chi connectivity index (χ2v) is 6.88. The lowest BCUT2D eigenvalue weighted by Crippen LogP contribution is -2.19. The van der Waals surface area contributed by atoms with Gasteiger partial charge in [-0.05, 0) is 56.7 Å². The van der Waals surface area contributed by atoms with Crippen molar-refractivity contribution < 1.29 is 14.3 Å². The first-order valence-corrected chi connectivity index (χ1v) is 9.82. The fourth-order valence-corrected chi connectivity index (χ4v) is 3.27. The predicted octanol–water partition coefficient (Wildman–Crippen LogP) is 3.96. The molecule has 0 unspecified atom stereocenters. The van der Waals surface area contributed by atoms with Gasteiger partial charge in [0.1, 0.15) is 0 Å². The molecular formula is C24H25N3O3. The van der Waals surface area contributed by atoms with Crippen LogP contribution in [0, 0.1) is 13.8 Å². The molecule has 0 saturated carbocycles. The summed E-state index contributed by atoms with van der Waals surface area (Å²) < 4.78 is 7.10. The number of aromatic nitrogens is 1. The van der Waals surface area contributed by atoms with Crippen LogP contribution in [0.25, 0.3) is 5.69 Å². The van der Waals surface area contributed by atoms with E-state index in [0.717, 1.165) is 28.2 Å². The molecule has 154 valence electrons. The molecule has 3 rings (SSSR count). The molecule has 6 heteroatoms. The van der Waals surface area contributed by atoms with E-state index in [1.165, 1.54) is 0 Å². The lowest BCUT2D eigenvalue weighted by Gasteiger charge is -2.10. The molecule has 0 aliphatic carbocycles. The predicted molar refractivity (Wildman–Crippen MR) is 117 cm³/mol. The van der Waals surface area contributed by atoms with E-state index in [-0.39, 0.29) is 18.3 Å². The van der Waals surface area contributed by atoms with E-state index in [1.54, 1.807) is 25.3 Å². The van der Waals surface area contributed by atoms with Crippen LogP contribution in [0.3, 0.4) is 0 Å². The van der Waals surface area contributed by atoms with E-state index in [2.05, 4.69) is 15.1 Å². The molecule has 0 atom stereocenters. The lowest BCUT2D eigenvalue weighted by atomic mass is 10.1. The third kappa shape index (κ3) is 5.03. The van der Waals surface area contributed by atoms with Crippen molar-refractivity contribution in [3.05, 3.63) is 88.7 Å². The van der Waals surface area contributed by atoms with Gasteiger partial charge in [-0.25, -0.2) is 10.2 Å². The van der Waals surface area contributed by atoms with Gasteiger partial charge in [0.25, 0.3) is 0 Å². The summed E-state index contributed by atoms with van der Waals surface area (Å²) in [5.41, 5.74) is 7.88. The number of hydrazone groups is 1. The molecule has 3 aromatic rings. The van der Waals surface area contributed by atoms with E-state index in [4.69, 9.17) is 4.74 Å². The molecule has 0 aliphatic rings. The van der Waals surface area contributed by atoms with Crippen molar-refractivity contribution in [3.8, 4) is 5.69 Å². The van der Waals surface area contributed by atoms with Crippen LogP contribution in [-0.2, 0) is 16.0 Å². The highest BCUT2D eigenvalue weighted by Gasteiger charge is 2.11. The summed E-state index contributed by atoms with van der Waals surface area (Å²) in [6.45, 7) is 6.12. The Morgan fingerprint density at radius 2 is 1.77 bits per heavy atom. The number of nitrogens with zero attached hydrogens (tertiary/aromatic N) is 2. The first-order valence-electron chi connectivity index (χ1n) is 9.82. The first kappa shape index (κ1) is 21.0. The molecule has 0 saturated heterocycles. The molecule has 0 bridgehead atoms. The molecule has 0 aliphatic heterocycles. The third-order valence-corrected chi connectivity index (χ3v) is 4.71. The second-order valence-electron chi connectivity index (χ2n) is 6.88. The summed E-state index contributed by atoms with van der Waals surface area (Å²) in [4.78, 5) is 23.9. The van der Waals surface area contributed by atoms with Crippen molar-refractivity contribution in [2.75, 3.05) is 6.61 Å². The highest BCUT2D eigenvalue weighted by Crippen LogP contribution is 2.20. The van der Waals surface area contributed by atoms with Crippen molar-refractivity contribution in [2.45, 2.75) is 27.2 Å². The Kier molecular flexibility index (Phi) is 6.80. The van der Waals surface area contributed by atoms with E-state index >= 15 is 0 Å². The van der Waals surface area contributed by atoms with Gasteiger partial charge >= 0.3 is 5.97 Å². The van der Waals surface area contributed by atoms with Gasteiger partial charge in [0.15, 0.2) is 0 Å². The normalized spacial score (nSPS) is 10.9. The monoisotopic (exact) mass is 403 g/mol. The van der Waals surface area contributed by atoms with Crippen molar-refractivity contribution in [3.63, 3.8) is 0 Å². The Hall–Kier alpha value is -3.67. The molecule has 2 aromatic carbocycles. The first-order chi connectivity index (χ1) is 14.5. The Morgan fingerprint density at radius 1 is 1.07 bits per heavy atom. The van der Waals surface area contributed by atoms with E-state index < -0.39 is 0 Å². The van der Waals surface area contributed by atoms with Crippen molar-refractivity contribution in [1.82, 2.24) is 9.99 Å². The number of nitrogens with one attached hydrogen (secondary N) is 1. The minimum atomic E-state index is -0.330. The fourth-order valence-electron chi connectivity index (χ4n) is 3.27. The van der Waals surface area contributed by atoms with Crippen LogP contribution in [0.5, 0.6) is 0 Å². The van der Waals surface area contributed by atoms with Crippen molar-refractivity contribution in [1.29, 1.82) is 0 Å². The Balaban J connectivity index is 1.70. The summed E-state index contributed by atoms with van der Waals surface area (Å²) in [7, 11) is 0. The van der Waals surface area contributed by atoms with Gasteiger partial charge in [0, 0.05) is 22.6 Å². The summed E-state index contributed by atoms with van der Waals surface area (Å²) in [6, 6.07) is 18.8. The second kappa shape index (κ2) is 9.69. The fraction of sp³-hybridized carbons (Fsp3) is 0.208. The number of carbonyl (C=O) groups is 2. The number of benzene rings is 2. The number of aryl methyl sites for hydroxylation is 1. The number of esters is 1. The highest BCUT2D eigenvalue weighted by molar-refractivity contribution is 5.89. The number of rotatable bonds is 7. The molecule has 6 nitrogen and oxygen atoms in total. The van der Waals surface area contributed by atoms with Gasteiger partial charge in [0.05, 0.1) is 24.8 Å². The third-order valence-electron chi connectivity index (χ3n) is 4.71. The van der Waals surface area contributed by atoms with E-state index in [9.17, 15) is 9.59 Å². The SMILES string of the molecule is CCOC(=O)c1ccc(-n2c(C)cc(/C=N\NC(=O)Cc3ccccc3)c2C)cc1. The zero-order valence-corrected chi connectivity index (χ0v) is 17.4. The molecule has 1 aromatic heterocycles. The Bertz CT molecular complexity index is 1050. The van der Waals surface area contributed by atoms with Crippen LogP contribution in [0.4, 0.5) is 0 Å². The number of amides is 1. The van der Waals surface area contributed by atoms with Crippen LogP contribution < -0.4 is 5.43 Å².